The lowest BCUT2D eigenvalue weighted by Gasteiger charge is -2.33. The van der Waals surface area contributed by atoms with Gasteiger partial charge in [0.25, 0.3) is 0 Å². The van der Waals surface area contributed by atoms with Crippen LogP contribution in [0.4, 0.5) is 0 Å². The number of carboxylic acids is 1. The second-order valence-electron chi connectivity index (χ2n) is 6.29. The SMILES string of the molecule is CC(=O)SCC(C)C(=O)N(CC(=O)O)C(c1ccccc1)c1ccccc1. The van der Waals surface area contributed by atoms with E-state index in [0.717, 1.165) is 22.9 Å². The van der Waals surface area contributed by atoms with Crippen LogP contribution in [0.3, 0.4) is 0 Å². The minimum Gasteiger partial charge on any atom is -0.480 e. The maximum absolute atomic E-state index is 13.1. The molecule has 0 aliphatic heterocycles. The second-order valence-corrected chi connectivity index (χ2v) is 7.48. The summed E-state index contributed by atoms with van der Waals surface area (Å²) in [5, 5.41) is 9.35. The monoisotopic (exact) mass is 385 g/mol. The van der Waals surface area contributed by atoms with Gasteiger partial charge in [0.05, 0.1) is 6.04 Å². The minimum absolute atomic E-state index is 0.0675. The van der Waals surface area contributed by atoms with Crippen molar-refractivity contribution in [1.82, 2.24) is 4.90 Å². The Morgan fingerprint density at radius 1 is 0.963 bits per heavy atom. The molecule has 1 N–H and O–H groups in total. The number of benzene rings is 2. The van der Waals surface area contributed by atoms with E-state index in [2.05, 4.69) is 0 Å². The highest BCUT2D eigenvalue weighted by Gasteiger charge is 2.31. The smallest absolute Gasteiger partial charge is 0.323 e. The molecule has 0 radical (unpaired) electrons. The molecule has 0 fully saturated rings. The summed E-state index contributed by atoms with van der Waals surface area (Å²) in [5.41, 5.74) is 1.68. The first kappa shape index (κ1) is 20.7. The predicted molar refractivity (Wildman–Crippen MR) is 106 cm³/mol. The van der Waals surface area contributed by atoms with Gasteiger partial charge in [-0.3, -0.25) is 14.4 Å². The van der Waals surface area contributed by atoms with Crippen LogP contribution < -0.4 is 0 Å². The third kappa shape index (κ3) is 5.96. The number of rotatable bonds is 8. The summed E-state index contributed by atoms with van der Waals surface area (Å²) < 4.78 is 0. The van der Waals surface area contributed by atoms with E-state index in [-0.39, 0.29) is 11.0 Å². The first-order valence-corrected chi connectivity index (χ1v) is 9.64. The molecule has 1 atom stereocenters. The Hall–Kier alpha value is -2.60. The Morgan fingerprint density at radius 3 is 1.85 bits per heavy atom. The fourth-order valence-electron chi connectivity index (χ4n) is 2.86. The molecule has 0 aliphatic carbocycles. The quantitative estimate of drug-likeness (QED) is 0.751. The van der Waals surface area contributed by atoms with Crippen LogP contribution in [0.5, 0.6) is 0 Å². The number of nitrogens with zero attached hydrogens (tertiary/aromatic N) is 1. The Balaban J connectivity index is 2.43. The molecule has 27 heavy (non-hydrogen) atoms. The van der Waals surface area contributed by atoms with Gasteiger partial charge >= 0.3 is 5.97 Å². The number of hydrogen-bond acceptors (Lipinski definition) is 4. The Bertz CT molecular complexity index is 740. The summed E-state index contributed by atoms with van der Waals surface area (Å²) in [6, 6.07) is 18.2. The van der Waals surface area contributed by atoms with E-state index in [1.165, 1.54) is 11.8 Å². The predicted octanol–water partition coefficient (Wildman–Crippen LogP) is 3.61. The van der Waals surface area contributed by atoms with Crippen LogP contribution >= 0.6 is 11.8 Å². The summed E-state index contributed by atoms with van der Waals surface area (Å²) in [5.74, 6) is -1.52. The molecule has 5 nitrogen and oxygen atoms in total. The van der Waals surface area contributed by atoms with Crippen LogP contribution in [0.2, 0.25) is 0 Å². The van der Waals surface area contributed by atoms with E-state index in [9.17, 15) is 19.5 Å². The van der Waals surface area contributed by atoms with Gasteiger partial charge in [0.2, 0.25) is 5.91 Å². The molecule has 6 heteroatoms. The zero-order chi connectivity index (χ0) is 19.8. The summed E-state index contributed by atoms with van der Waals surface area (Å²) in [6.45, 7) is 2.76. The average Bonchev–Trinajstić information content (AvgIpc) is 2.66. The summed E-state index contributed by atoms with van der Waals surface area (Å²) in [6.07, 6.45) is 0. The van der Waals surface area contributed by atoms with Crippen LogP contribution in [0.15, 0.2) is 60.7 Å². The van der Waals surface area contributed by atoms with Crippen LogP contribution in [-0.2, 0) is 14.4 Å². The number of amides is 1. The molecule has 0 aromatic heterocycles. The lowest BCUT2D eigenvalue weighted by molar-refractivity contribution is -0.147. The molecule has 0 saturated carbocycles. The average molecular weight is 385 g/mol. The third-order valence-corrected chi connectivity index (χ3v) is 5.16. The Morgan fingerprint density at radius 2 is 1.44 bits per heavy atom. The summed E-state index contributed by atoms with van der Waals surface area (Å²) >= 11 is 1.07. The van der Waals surface area contributed by atoms with Crippen molar-refractivity contribution >= 4 is 28.8 Å². The van der Waals surface area contributed by atoms with Gasteiger partial charge in [-0.15, -0.1) is 0 Å². The van der Waals surface area contributed by atoms with Gasteiger partial charge in [0, 0.05) is 18.6 Å². The molecule has 0 aliphatic rings. The van der Waals surface area contributed by atoms with Crippen LogP contribution in [0.25, 0.3) is 0 Å². The first-order chi connectivity index (χ1) is 12.9. The molecule has 2 aromatic carbocycles. The number of thioether (sulfide) groups is 1. The van der Waals surface area contributed by atoms with E-state index in [4.69, 9.17) is 0 Å². The Kier molecular flexibility index (Phi) is 7.61. The third-order valence-electron chi connectivity index (χ3n) is 4.09. The Labute approximate surface area is 163 Å². The molecule has 0 spiro atoms. The van der Waals surface area contributed by atoms with Crippen molar-refractivity contribution in [3.8, 4) is 0 Å². The first-order valence-electron chi connectivity index (χ1n) is 8.65. The molecular weight excluding hydrogens is 362 g/mol. The zero-order valence-corrected chi connectivity index (χ0v) is 16.2. The zero-order valence-electron chi connectivity index (χ0n) is 15.4. The molecule has 1 amide bonds. The van der Waals surface area contributed by atoms with Crippen molar-refractivity contribution in [2.75, 3.05) is 12.3 Å². The van der Waals surface area contributed by atoms with Gasteiger partial charge in [0.15, 0.2) is 5.12 Å². The van der Waals surface area contributed by atoms with Crippen molar-refractivity contribution in [1.29, 1.82) is 0 Å². The number of carboxylic acid groups (broad SMARTS) is 1. The number of carbonyl (C=O) groups is 3. The van der Waals surface area contributed by atoms with Gasteiger partial charge in [-0.25, -0.2) is 0 Å². The normalized spacial score (nSPS) is 11.8. The number of hydrogen-bond donors (Lipinski definition) is 1. The standard InChI is InChI=1S/C21H23NO4S/c1-15(14-27-16(2)23)21(26)22(13-19(24)25)20(17-9-5-3-6-10-17)18-11-7-4-8-12-18/h3-12,15,20H,13-14H2,1-2H3,(H,24,25). The molecule has 2 rings (SSSR count). The minimum atomic E-state index is -1.08. The van der Waals surface area contributed by atoms with Crippen molar-refractivity contribution in [2.45, 2.75) is 19.9 Å². The van der Waals surface area contributed by atoms with Crippen molar-refractivity contribution in [2.24, 2.45) is 5.92 Å². The van der Waals surface area contributed by atoms with Gasteiger partial charge in [0.1, 0.15) is 6.54 Å². The molecular formula is C21H23NO4S. The fraction of sp³-hybridized carbons (Fsp3) is 0.286. The lowest BCUT2D eigenvalue weighted by atomic mass is 9.96. The highest BCUT2D eigenvalue weighted by molar-refractivity contribution is 8.13. The highest BCUT2D eigenvalue weighted by Crippen LogP contribution is 2.30. The fourth-order valence-corrected chi connectivity index (χ4v) is 3.49. The van der Waals surface area contributed by atoms with E-state index in [1.807, 2.05) is 60.7 Å². The van der Waals surface area contributed by atoms with E-state index >= 15 is 0 Å². The van der Waals surface area contributed by atoms with E-state index < -0.39 is 24.5 Å². The molecule has 1 unspecified atom stereocenters. The van der Waals surface area contributed by atoms with E-state index in [0.29, 0.717) is 5.75 Å². The molecule has 0 bridgehead atoms. The highest BCUT2D eigenvalue weighted by atomic mass is 32.2. The largest absolute Gasteiger partial charge is 0.480 e. The second kappa shape index (κ2) is 9.92. The van der Waals surface area contributed by atoms with Crippen molar-refractivity contribution in [3.05, 3.63) is 71.8 Å². The van der Waals surface area contributed by atoms with Gasteiger partial charge in [-0.05, 0) is 11.1 Å². The molecule has 2 aromatic rings. The topological polar surface area (TPSA) is 74.7 Å². The van der Waals surface area contributed by atoms with Crippen molar-refractivity contribution in [3.63, 3.8) is 0 Å². The number of carbonyl (C=O) groups excluding carboxylic acids is 2. The lowest BCUT2D eigenvalue weighted by Crippen LogP contribution is -2.42. The molecule has 0 heterocycles. The van der Waals surface area contributed by atoms with Gasteiger partial charge < -0.3 is 10.0 Å². The van der Waals surface area contributed by atoms with E-state index in [1.54, 1.807) is 6.92 Å². The molecule has 142 valence electrons. The maximum Gasteiger partial charge on any atom is 0.323 e. The maximum atomic E-state index is 13.1. The van der Waals surface area contributed by atoms with Crippen LogP contribution in [0.1, 0.15) is 31.0 Å². The molecule has 0 saturated heterocycles. The van der Waals surface area contributed by atoms with Gasteiger partial charge in [-0.2, -0.15) is 0 Å². The summed E-state index contributed by atoms with van der Waals surface area (Å²) in [7, 11) is 0. The van der Waals surface area contributed by atoms with Gasteiger partial charge in [-0.1, -0.05) is 79.3 Å². The van der Waals surface area contributed by atoms with Crippen molar-refractivity contribution < 1.29 is 19.5 Å². The van der Waals surface area contributed by atoms with Crippen LogP contribution in [-0.4, -0.2) is 39.3 Å². The summed E-state index contributed by atoms with van der Waals surface area (Å²) in [4.78, 5) is 37.3. The van der Waals surface area contributed by atoms with Crippen LogP contribution in [0, 0.1) is 5.92 Å². The number of aliphatic carboxylic acids is 1.